The number of rotatable bonds is 5. The van der Waals surface area contributed by atoms with Crippen LogP contribution in [0.4, 0.5) is 0 Å². The molecular formula is C21H28N4O2. The van der Waals surface area contributed by atoms with Crippen LogP contribution in [0, 0.1) is 0 Å². The molecule has 144 valence electrons. The molecule has 2 fully saturated rings. The van der Waals surface area contributed by atoms with Crippen LogP contribution in [0.1, 0.15) is 37.4 Å². The number of carbonyl (C=O) groups is 1. The van der Waals surface area contributed by atoms with Gasteiger partial charge in [-0.2, -0.15) is 0 Å². The smallest absolute Gasteiger partial charge is 0.327 e. The summed E-state index contributed by atoms with van der Waals surface area (Å²) in [5, 5.41) is 9.96. The van der Waals surface area contributed by atoms with Gasteiger partial charge in [0.25, 0.3) is 0 Å². The van der Waals surface area contributed by atoms with Gasteiger partial charge in [-0.15, -0.1) is 0 Å². The van der Waals surface area contributed by atoms with Crippen molar-refractivity contribution < 1.29 is 9.90 Å². The van der Waals surface area contributed by atoms with Crippen LogP contribution in [-0.4, -0.2) is 62.6 Å². The van der Waals surface area contributed by atoms with E-state index in [1.54, 1.807) is 6.20 Å². The number of aliphatic carboxylic acids is 1. The van der Waals surface area contributed by atoms with Gasteiger partial charge in [0, 0.05) is 44.8 Å². The van der Waals surface area contributed by atoms with Crippen molar-refractivity contribution in [2.24, 2.45) is 7.05 Å². The number of carboxylic acid groups (broad SMARTS) is 1. The molecule has 2 heterocycles. The molecule has 1 aliphatic heterocycles. The lowest BCUT2D eigenvalue weighted by Gasteiger charge is -2.40. The molecule has 1 aliphatic carbocycles. The minimum Gasteiger partial charge on any atom is -0.480 e. The molecule has 27 heavy (non-hydrogen) atoms. The summed E-state index contributed by atoms with van der Waals surface area (Å²) in [4.78, 5) is 21.3. The average Bonchev–Trinajstić information content (AvgIpc) is 3.34. The van der Waals surface area contributed by atoms with Gasteiger partial charge in [-0.05, 0) is 12.8 Å². The normalized spacial score (nSPS) is 20.8. The lowest BCUT2D eigenvalue weighted by molar-refractivity contribution is -0.144. The lowest BCUT2D eigenvalue weighted by atomic mass is 10.1. The molecule has 1 saturated heterocycles. The molecule has 1 aromatic carbocycles. The second-order valence-corrected chi connectivity index (χ2v) is 7.68. The zero-order valence-corrected chi connectivity index (χ0v) is 15.9. The van der Waals surface area contributed by atoms with E-state index in [1.807, 2.05) is 41.9 Å². The summed E-state index contributed by atoms with van der Waals surface area (Å²) in [6.07, 6.45) is 6.99. The third kappa shape index (κ3) is 3.64. The maximum Gasteiger partial charge on any atom is 0.327 e. The van der Waals surface area contributed by atoms with E-state index in [0.717, 1.165) is 43.3 Å². The number of piperazine rings is 1. The van der Waals surface area contributed by atoms with Crippen molar-refractivity contribution in [1.29, 1.82) is 0 Å². The molecule has 1 unspecified atom stereocenters. The van der Waals surface area contributed by atoms with Crippen LogP contribution in [0.15, 0.2) is 36.5 Å². The fraction of sp³-hybridized carbons (Fsp3) is 0.524. The number of carboxylic acids is 1. The number of aromatic nitrogens is 2. The first-order valence-corrected chi connectivity index (χ1v) is 9.93. The van der Waals surface area contributed by atoms with Crippen LogP contribution in [-0.2, 0) is 11.8 Å². The molecule has 4 rings (SSSR count). The Hall–Kier alpha value is -2.18. The molecule has 2 aromatic rings. The first-order valence-electron chi connectivity index (χ1n) is 9.93. The Kier molecular flexibility index (Phi) is 5.27. The number of hydrogen-bond donors (Lipinski definition) is 1. The average molecular weight is 368 g/mol. The molecule has 0 amide bonds. The molecule has 1 aromatic heterocycles. The Morgan fingerprint density at radius 3 is 2.41 bits per heavy atom. The molecule has 0 radical (unpaired) electrons. The van der Waals surface area contributed by atoms with Crippen LogP contribution in [0.5, 0.6) is 0 Å². The molecule has 6 heteroatoms. The van der Waals surface area contributed by atoms with Crippen LogP contribution in [0.2, 0.25) is 0 Å². The van der Waals surface area contributed by atoms with Crippen molar-refractivity contribution in [3.8, 4) is 11.4 Å². The first kappa shape index (κ1) is 18.2. The highest BCUT2D eigenvalue weighted by Gasteiger charge is 2.34. The third-order valence-corrected chi connectivity index (χ3v) is 6.13. The largest absolute Gasteiger partial charge is 0.480 e. The van der Waals surface area contributed by atoms with Gasteiger partial charge in [-0.1, -0.05) is 43.2 Å². The van der Waals surface area contributed by atoms with Gasteiger partial charge in [-0.25, -0.2) is 4.98 Å². The molecule has 0 spiro atoms. The Morgan fingerprint density at radius 1 is 1.11 bits per heavy atom. The summed E-state index contributed by atoms with van der Waals surface area (Å²) < 4.78 is 1.93. The van der Waals surface area contributed by atoms with Crippen molar-refractivity contribution in [3.05, 3.63) is 42.2 Å². The third-order valence-electron chi connectivity index (χ3n) is 6.13. The van der Waals surface area contributed by atoms with Crippen LogP contribution in [0.3, 0.4) is 0 Å². The minimum absolute atomic E-state index is 0.648. The highest BCUT2D eigenvalue weighted by Crippen LogP contribution is 2.29. The quantitative estimate of drug-likeness (QED) is 0.879. The van der Waals surface area contributed by atoms with Gasteiger partial charge >= 0.3 is 5.97 Å². The molecule has 1 atom stereocenters. The van der Waals surface area contributed by atoms with Gasteiger partial charge in [-0.3, -0.25) is 14.6 Å². The van der Waals surface area contributed by atoms with E-state index >= 15 is 0 Å². The number of nitrogens with zero attached hydrogens (tertiary/aromatic N) is 4. The summed E-state index contributed by atoms with van der Waals surface area (Å²) in [5.41, 5.74) is 1.75. The SMILES string of the molecule is Cn1c(C(C(=O)O)N2CCN(C3CCCC3)CC2)cnc1-c1ccccc1. The van der Waals surface area contributed by atoms with Crippen LogP contribution < -0.4 is 0 Å². The van der Waals surface area contributed by atoms with Gasteiger partial charge < -0.3 is 9.67 Å². The van der Waals surface area contributed by atoms with Crippen molar-refractivity contribution in [2.45, 2.75) is 37.8 Å². The summed E-state index contributed by atoms with van der Waals surface area (Å²) in [5.74, 6) is 0.00775. The molecule has 2 aliphatic rings. The van der Waals surface area contributed by atoms with E-state index in [-0.39, 0.29) is 0 Å². The zero-order chi connectivity index (χ0) is 18.8. The standard InChI is InChI=1S/C21H28N4O2/c1-23-18(15-22-20(23)16-7-3-2-4-8-16)19(21(26)27)25-13-11-24(12-14-25)17-9-5-6-10-17/h2-4,7-8,15,17,19H,5-6,9-14H2,1H3,(H,26,27). The second-order valence-electron chi connectivity index (χ2n) is 7.68. The molecule has 1 N–H and O–H groups in total. The number of benzene rings is 1. The van der Waals surface area contributed by atoms with Crippen molar-refractivity contribution in [1.82, 2.24) is 19.4 Å². The lowest BCUT2D eigenvalue weighted by Crippen LogP contribution is -2.52. The molecule has 0 bridgehead atoms. The van der Waals surface area contributed by atoms with E-state index in [0.29, 0.717) is 6.04 Å². The summed E-state index contributed by atoms with van der Waals surface area (Å²) in [7, 11) is 1.91. The highest BCUT2D eigenvalue weighted by molar-refractivity contribution is 5.75. The highest BCUT2D eigenvalue weighted by atomic mass is 16.4. The van der Waals surface area contributed by atoms with Gasteiger partial charge in [0.2, 0.25) is 0 Å². The molecule has 6 nitrogen and oxygen atoms in total. The van der Waals surface area contributed by atoms with E-state index in [9.17, 15) is 9.90 Å². The van der Waals surface area contributed by atoms with E-state index in [4.69, 9.17) is 0 Å². The first-order chi connectivity index (χ1) is 13.1. The monoisotopic (exact) mass is 368 g/mol. The number of imidazole rings is 1. The summed E-state index contributed by atoms with van der Waals surface area (Å²) in [6.45, 7) is 3.49. The second kappa shape index (κ2) is 7.82. The van der Waals surface area contributed by atoms with Crippen LogP contribution >= 0.6 is 0 Å². The van der Waals surface area contributed by atoms with Crippen molar-refractivity contribution >= 4 is 5.97 Å². The fourth-order valence-corrected chi connectivity index (χ4v) is 4.63. The van der Waals surface area contributed by atoms with E-state index < -0.39 is 12.0 Å². The fourth-order valence-electron chi connectivity index (χ4n) is 4.63. The Labute approximate surface area is 160 Å². The van der Waals surface area contributed by atoms with E-state index in [1.165, 1.54) is 25.7 Å². The van der Waals surface area contributed by atoms with Crippen molar-refractivity contribution in [2.75, 3.05) is 26.2 Å². The number of hydrogen-bond acceptors (Lipinski definition) is 4. The van der Waals surface area contributed by atoms with E-state index in [2.05, 4.69) is 14.8 Å². The van der Waals surface area contributed by atoms with Gasteiger partial charge in [0.15, 0.2) is 6.04 Å². The van der Waals surface area contributed by atoms with Gasteiger partial charge in [0.05, 0.1) is 11.9 Å². The van der Waals surface area contributed by atoms with Crippen molar-refractivity contribution in [3.63, 3.8) is 0 Å². The van der Waals surface area contributed by atoms with Gasteiger partial charge in [0.1, 0.15) is 5.82 Å². The Morgan fingerprint density at radius 2 is 1.78 bits per heavy atom. The molecule has 1 saturated carbocycles. The maximum atomic E-state index is 12.1. The predicted molar refractivity (Wildman–Crippen MR) is 104 cm³/mol. The zero-order valence-electron chi connectivity index (χ0n) is 15.9. The Bertz CT molecular complexity index is 775. The minimum atomic E-state index is -0.799. The topological polar surface area (TPSA) is 61.6 Å². The maximum absolute atomic E-state index is 12.1. The summed E-state index contributed by atoms with van der Waals surface area (Å²) in [6, 6.07) is 9.98. The molecular weight excluding hydrogens is 340 g/mol. The predicted octanol–water partition coefficient (Wildman–Crippen LogP) is 2.77. The van der Waals surface area contributed by atoms with Crippen LogP contribution in [0.25, 0.3) is 11.4 Å². The summed E-state index contributed by atoms with van der Waals surface area (Å²) >= 11 is 0. The Balaban J connectivity index is 1.52.